The third-order valence-corrected chi connectivity index (χ3v) is 2.35. The summed E-state index contributed by atoms with van der Waals surface area (Å²) in [5.41, 5.74) is 1.08. The number of nitrogens with zero attached hydrogens (tertiary/aromatic N) is 1. The Morgan fingerprint density at radius 3 is 2.79 bits per heavy atom. The van der Waals surface area contributed by atoms with Gasteiger partial charge >= 0.3 is 0 Å². The minimum atomic E-state index is -0.273. The number of aryl methyl sites for hydroxylation is 1. The third kappa shape index (κ3) is 1.49. The molecule has 1 aromatic heterocycles. The van der Waals surface area contributed by atoms with E-state index in [4.69, 9.17) is 23.2 Å². The molecule has 0 bridgehead atoms. The summed E-state index contributed by atoms with van der Waals surface area (Å²) in [4.78, 5) is 17.8. The summed E-state index contributed by atoms with van der Waals surface area (Å²) in [6.07, 6.45) is 0. The summed E-state index contributed by atoms with van der Waals surface area (Å²) in [5.74, 6) is 0. The number of fused-ring (bicyclic) bond motifs is 1. The maximum absolute atomic E-state index is 11.5. The van der Waals surface area contributed by atoms with Crippen LogP contribution in [-0.2, 0) is 0 Å². The number of aromatic nitrogens is 2. The highest BCUT2D eigenvalue weighted by atomic mass is 35.5. The molecule has 1 N–H and O–H groups in total. The third-order valence-electron chi connectivity index (χ3n) is 1.88. The van der Waals surface area contributed by atoms with Crippen molar-refractivity contribution in [3.05, 3.63) is 38.4 Å². The number of nitrogens with one attached hydrogen (secondary N) is 1. The molecule has 5 heteroatoms. The summed E-state index contributed by atoms with van der Waals surface area (Å²) >= 11 is 11.5. The molecule has 0 atom stereocenters. The quantitative estimate of drug-likeness (QED) is 0.705. The average molecular weight is 229 g/mol. The SMILES string of the molecule is Cc1cc(Cl)c2nc(Cl)[nH]c(=O)c2c1. The van der Waals surface area contributed by atoms with E-state index in [9.17, 15) is 4.79 Å². The standard InChI is InChI=1S/C9H6Cl2N2O/c1-4-2-5-7(6(10)3-4)12-9(11)13-8(5)14/h2-3H,1H3,(H,12,13,14). The van der Waals surface area contributed by atoms with Crippen molar-refractivity contribution in [1.29, 1.82) is 0 Å². The van der Waals surface area contributed by atoms with Crippen molar-refractivity contribution in [2.45, 2.75) is 6.92 Å². The van der Waals surface area contributed by atoms with Gasteiger partial charge in [-0.15, -0.1) is 0 Å². The lowest BCUT2D eigenvalue weighted by atomic mass is 10.2. The van der Waals surface area contributed by atoms with Crippen LogP contribution in [0.25, 0.3) is 10.9 Å². The Morgan fingerprint density at radius 1 is 1.36 bits per heavy atom. The van der Waals surface area contributed by atoms with Gasteiger partial charge in [-0.3, -0.25) is 9.78 Å². The molecular formula is C9H6Cl2N2O. The molecule has 0 aliphatic carbocycles. The van der Waals surface area contributed by atoms with Crippen LogP contribution in [0, 0.1) is 6.92 Å². The molecule has 14 heavy (non-hydrogen) atoms. The van der Waals surface area contributed by atoms with Crippen molar-refractivity contribution in [2.75, 3.05) is 0 Å². The summed E-state index contributed by atoms with van der Waals surface area (Å²) in [7, 11) is 0. The van der Waals surface area contributed by atoms with Gasteiger partial charge in [0, 0.05) is 0 Å². The fraction of sp³-hybridized carbons (Fsp3) is 0.111. The van der Waals surface area contributed by atoms with Gasteiger partial charge in [0.15, 0.2) is 0 Å². The van der Waals surface area contributed by atoms with Crippen molar-refractivity contribution in [3.63, 3.8) is 0 Å². The lowest BCUT2D eigenvalue weighted by molar-refractivity contribution is 1.17. The first kappa shape index (κ1) is 9.49. The fourth-order valence-corrected chi connectivity index (χ4v) is 1.79. The molecule has 2 rings (SSSR count). The average Bonchev–Trinajstić information content (AvgIpc) is 2.07. The van der Waals surface area contributed by atoms with Crippen LogP contribution < -0.4 is 5.56 Å². The minimum Gasteiger partial charge on any atom is -0.297 e. The van der Waals surface area contributed by atoms with E-state index in [1.165, 1.54) is 0 Å². The van der Waals surface area contributed by atoms with E-state index >= 15 is 0 Å². The zero-order valence-corrected chi connectivity index (χ0v) is 8.78. The van der Waals surface area contributed by atoms with Crippen molar-refractivity contribution in [1.82, 2.24) is 9.97 Å². The van der Waals surface area contributed by atoms with E-state index in [1.54, 1.807) is 12.1 Å². The lowest BCUT2D eigenvalue weighted by Crippen LogP contribution is -2.08. The summed E-state index contributed by atoms with van der Waals surface area (Å²) in [6, 6.07) is 3.47. The Kier molecular flexibility index (Phi) is 2.21. The highest BCUT2D eigenvalue weighted by Gasteiger charge is 2.06. The number of H-pyrrole nitrogens is 1. The van der Waals surface area contributed by atoms with Crippen LogP contribution in [0.2, 0.25) is 10.3 Å². The zero-order chi connectivity index (χ0) is 10.3. The molecule has 0 unspecified atom stereocenters. The van der Waals surface area contributed by atoms with E-state index < -0.39 is 0 Å². The Hall–Kier alpha value is -1.06. The number of hydrogen-bond donors (Lipinski definition) is 1. The summed E-state index contributed by atoms with van der Waals surface area (Å²) in [5, 5.41) is 0.945. The second-order valence-electron chi connectivity index (χ2n) is 3.00. The molecule has 1 aromatic carbocycles. The van der Waals surface area contributed by atoms with Crippen molar-refractivity contribution in [3.8, 4) is 0 Å². The van der Waals surface area contributed by atoms with Gasteiger partial charge in [0.1, 0.15) is 0 Å². The molecule has 0 aliphatic rings. The molecule has 0 saturated carbocycles. The Labute approximate surface area is 89.7 Å². The maximum atomic E-state index is 11.5. The van der Waals surface area contributed by atoms with Gasteiger partial charge in [0.2, 0.25) is 5.28 Å². The van der Waals surface area contributed by atoms with E-state index in [0.717, 1.165) is 5.56 Å². The van der Waals surface area contributed by atoms with Crippen LogP contribution in [0.3, 0.4) is 0 Å². The van der Waals surface area contributed by atoms with Gasteiger partial charge in [-0.05, 0) is 36.2 Å². The number of halogens is 2. The fourth-order valence-electron chi connectivity index (χ4n) is 1.31. The second-order valence-corrected chi connectivity index (χ2v) is 3.76. The monoisotopic (exact) mass is 228 g/mol. The molecule has 3 nitrogen and oxygen atoms in total. The van der Waals surface area contributed by atoms with E-state index in [0.29, 0.717) is 15.9 Å². The number of rotatable bonds is 0. The first-order chi connectivity index (χ1) is 6.58. The first-order valence-corrected chi connectivity index (χ1v) is 4.69. The Bertz CT molecular complexity index is 562. The van der Waals surface area contributed by atoms with Crippen molar-refractivity contribution < 1.29 is 0 Å². The van der Waals surface area contributed by atoms with E-state index in [2.05, 4.69) is 9.97 Å². The molecule has 0 radical (unpaired) electrons. The largest absolute Gasteiger partial charge is 0.297 e. The van der Waals surface area contributed by atoms with Crippen LogP contribution in [0.1, 0.15) is 5.56 Å². The molecule has 0 fully saturated rings. The number of hydrogen-bond acceptors (Lipinski definition) is 2. The van der Waals surface area contributed by atoms with Crippen LogP contribution >= 0.6 is 23.2 Å². The van der Waals surface area contributed by atoms with Gasteiger partial charge in [0.05, 0.1) is 15.9 Å². The molecule has 72 valence electrons. The zero-order valence-electron chi connectivity index (χ0n) is 7.27. The van der Waals surface area contributed by atoms with Crippen LogP contribution in [0.4, 0.5) is 0 Å². The molecule has 0 saturated heterocycles. The summed E-state index contributed by atoms with van der Waals surface area (Å²) in [6.45, 7) is 1.86. The highest BCUT2D eigenvalue weighted by Crippen LogP contribution is 2.21. The molecule has 2 aromatic rings. The van der Waals surface area contributed by atoms with Gasteiger partial charge in [-0.25, -0.2) is 4.98 Å². The first-order valence-electron chi connectivity index (χ1n) is 3.93. The van der Waals surface area contributed by atoms with Gasteiger partial charge in [0.25, 0.3) is 5.56 Å². The topological polar surface area (TPSA) is 45.8 Å². The molecule has 0 amide bonds. The molecule has 0 aliphatic heterocycles. The number of aromatic amines is 1. The van der Waals surface area contributed by atoms with Crippen LogP contribution in [0.5, 0.6) is 0 Å². The minimum absolute atomic E-state index is 0.0493. The van der Waals surface area contributed by atoms with Gasteiger partial charge in [-0.2, -0.15) is 0 Å². The Balaban J connectivity index is 3.02. The highest BCUT2D eigenvalue weighted by molar-refractivity contribution is 6.35. The molecule has 1 heterocycles. The normalized spacial score (nSPS) is 10.8. The van der Waals surface area contributed by atoms with E-state index in [1.807, 2.05) is 6.92 Å². The van der Waals surface area contributed by atoms with Crippen LogP contribution in [-0.4, -0.2) is 9.97 Å². The molecule has 0 spiro atoms. The molecular weight excluding hydrogens is 223 g/mol. The number of benzene rings is 1. The van der Waals surface area contributed by atoms with Crippen molar-refractivity contribution in [2.24, 2.45) is 0 Å². The van der Waals surface area contributed by atoms with E-state index in [-0.39, 0.29) is 10.8 Å². The summed E-state index contributed by atoms with van der Waals surface area (Å²) < 4.78 is 0. The lowest BCUT2D eigenvalue weighted by Gasteiger charge is -2.01. The van der Waals surface area contributed by atoms with Crippen molar-refractivity contribution >= 4 is 34.1 Å². The second kappa shape index (κ2) is 3.26. The Morgan fingerprint density at radius 2 is 2.07 bits per heavy atom. The van der Waals surface area contributed by atoms with Crippen LogP contribution in [0.15, 0.2) is 16.9 Å². The maximum Gasteiger partial charge on any atom is 0.259 e. The predicted octanol–water partition coefficient (Wildman–Crippen LogP) is 2.54. The van der Waals surface area contributed by atoms with Gasteiger partial charge in [-0.1, -0.05) is 11.6 Å². The van der Waals surface area contributed by atoms with Gasteiger partial charge < -0.3 is 0 Å². The smallest absolute Gasteiger partial charge is 0.259 e. The predicted molar refractivity (Wildman–Crippen MR) is 57.1 cm³/mol.